The molecule has 6 heteroatoms. The molecule has 1 saturated heterocycles. The average Bonchev–Trinajstić information content (AvgIpc) is 3.07. The van der Waals surface area contributed by atoms with Crippen LogP contribution in [0.25, 0.3) is 11.4 Å². The third-order valence-corrected chi connectivity index (χ3v) is 4.11. The van der Waals surface area contributed by atoms with Gasteiger partial charge in [-0.2, -0.15) is 0 Å². The molecule has 0 bridgehead atoms. The van der Waals surface area contributed by atoms with Crippen molar-refractivity contribution in [2.24, 2.45) is 5.92 Å². The Morgan fingerprint density at radius 2 is 2.17 bits per heavy atom. The normalized spacial score (nSPS) is 18.2. The minimum absolute atomic E-state index is 0.633. The zero-order valence-corrected chi connectivity index (χ0v) is 13.5. The number of aromatic nitrogens is 3. The van der Waals surface area contributed by atoms with Gasteiger partial charge in [-0.25, -0.2) is 9.97 Å². The number of nitrogens with zero attached hydrogens (tertiary/aromatic N) is 4. The average molecular weight is 313 g/mol. The Labute approximate surface area is 136 Å². The first-order valence-electron chi connectivity index (χ1n) is 8.05. The maximum absolute atomic E-state index is 5.14. The van der Waals surface area contributed by atoms with Crippen LogP contribution < -0.4 is 5.32 Å². The molecule has 1 aliphatic heterocycles. The summed E-state index contributed by atoms with van der Waals surface area (Å²) in [5.41, 5.74) is 1.71. The number of hydrogen-bond donors (Lipinski definition) is 1. The molecule has 0 amide bonds. The summed E-state index contributed by atoms with van der Waals surface area (Å²) in [7, 11) is 1.75. The number of ether oxygens (including phenoxy) is 1. The van der Waals surface area contributed by atoms with E-state index in [1.54, 1.807) is 19.5 Å². The van der Waals surface area contributed by atoms with Crippen LogP contribution >= 0.6 is 0 Å². The van der Waals surface area contributed by atoms with E-state index in [4.69, 9.17) is 4.74 Å². The number of anilines is 1. The van der Waals surface area contributed by atoms with Gasteiger partial charge in [-0.1, -0.05) is 6.07 Å². The molecule has 2 aromatic heterocycles. The van der Waals surface area contributed by atoms with E-state index in [9.17, 15) is 0 Å². The second kappa shape index (κ2) is 7.99. The highest BCUT2D eigenvalue weighted by atomic mass is 16.5. The highest BCUT2D eigenvalue weighted by molar-refractivity contribution is 5.54. The lowest BCUT2D eigenvalue weighted by atomic mass is 10.1. The van der Waals surface area contributed by atoms with Gasteiger partial charge in [-0.05, 0) is 37.1 Å². The molecular formula is C17H23N5O. The lowest BCUT2D eigenvalue weighted by molar-refractivity contribution is 0.159. The first-order valence-corrected chi connectivity index (χ1v) is 8.05. The first-order chi connectivity index (χ1) is 11.3. The minimum Gasteiger partial charge on any atom is -0.383 e. The number of nitrogens with one attached hydrogen (secondary N) is 1. The van der Waals surface area contributed by atoms with Crippen LogP contribution in [0.2, 0.25) is 0 Å². The molecule has 0 spiro atoms. The van der Waals surface area contributed by atoms with Crippen LogP contribution in [0.1, 0.15) is 6.42 Å². The summed E-state index contributed by atoms with van der Waals surface area (Å²) in [6, 6.07) is 7.70. The number of rotatable bonds is 7. The van der Waals surface area contributed by atoms with Gasteiger partial charge < -0.3 is 15.0 Å². The standard InChI is InChI=1S/C17H23N5O/c1-23-11-10-22-9-6-14(13-22)12-20-17-19-8-5-16(21-17)15-4-2-3-7-18-15/h2-5,7-8,14H,6,9-13H2,1H3,(H,19,20,21)/t14-/m1/s1. The summed E-state index contributed by atoms with van der Waals surface area (Å²) in [6.45, 7) is 4.96. The Hall–Kier alpha value is -2.05. The molecule has 3 rings (SSSR count). The smallest absolute Gasteiger partial charge is 0.223 e. The number of methoxy groups -OCH3 is 1. The van der Waals surface area contributed by atoms with Gasteiger partial charge in [0.05, 0.1) is 18.0 Å². The third-order valence-electron chi connectivity index (χ3n) is 4.11. The van der Waals surface area contributed by atoms with E-state index < -0.39 is 0 Å². The van der Waals surface area contributed by atoms with Gasteiger partial charge >= 0.3 is 0 Å². The van der Waals surface area contributed by atoms with E-state index in [-0.39, 0.29) is 0 Å². The molecule has 0 saturated carbocycles. The summed E-state index contributed by atoms with van der Waals surface area (Å²) in [5, 5.41) is 3.37. The Kier molecular flexibility index (Phi) is 5.50. The van der Waals surface area contributed by atoms with Crippen LogP contribution in [-0.4, -0.2) is 59.7 Å². The molecule has 122 valence electrons. The monoisotopic (exact) mass is 313 g/mol. The molecule has 0 aliphatic carbocycles. The summed E-state index contributed by atoms with van der Waals surface area (Å²) >= 11 is 0. The molecule has 0 radical (unpaired) electrons. The Morgan fingerprint density at radius 3 is 3.00 bits per heavy atom. The minimum atomic E-state index is 0.633. The molecule has 1 atom stereocenters. The van der Waals surface area contributed by atoms with E-state index in [1.165, 1.54) is 6.42 Å². The molecule has 1 aliphatic rings. The fourth-order valence-corrected chi connectivity index (χ4v) is 2.84. The molecule has 3 heterocycles. The quantitative estimate of drug-likeness (QED) is 0.842. The van der Waals surface area contributed by atoms with Crippen molar-refractivity contribution >= 4 is 5.95 Å². The molecule has 0 aromatic carbocycles. The second-order valence-electron chi connectivity index (χ2n) is 5.81. The van der Waals surface area contributed by atoms with Crippen molar-refractivity contribution in [1.29, 1.82) is 0 Å². The predicted molar refractivity (Wildman–Crippen MR) is 90.2 cm³/mol. The van der Waals surface area contributed by atoms with Gasteiger partial charge in [0.15, 0.2) is 0 Å². The van der Waals surface area contributed by atoms with E-state index in [1.807, 2.05) is 24.3 Å². The lowest BCUT2D eigenvalue weighted by Gasteiger charge is -2.15. The molecule has 2 aromatic rings. The molecule has 23 heavy (non-hydrogen) atoms. The van der Waals surface area contributed by atoms with Crippen LogP contribution in [0.3, 0.4) is 0 Å². The molecule has 1 N–H and O–H groups in total. The van der Waals surface area contributed by atoms with Crippen LogP contribution in [0, 0.1) is 5.92 Å². The fourth-order valence-electron chi connectivity index (χ4n) is 2.84. The number of likely N-dealkylation sites (tertiary alicyclic amines) is 1. The number of hydrogen-bond acceptors (Lipinski definition) is 6. The van der Waals surface area contributed by atoms with Crippen LogP contribution in [0.4, 0.5) is 5.95 Å². The van der Waals surface area contributed by atoms with Gasteiger partial charge in [-0.15, -0.1) is 0 Å². The van der Waals surface area contributed by atoms with Crippen molar-refractivity contribution in [3.05, 3.63) is 36.7 Å². The number of pyridine rings is 1. The van der Waals surface area contributed by atoms with Gasteiger partial charge in [0.25, 0.3) is 0 Å². The zero-order chi connectivity index (χ0) is 15.9. The van der Waals surface area contributed by atoms with Crippen molar-refractivity contribution in [3.8, 4) is 11.4 Å². The largest absolute Gasteiger partial charge is 0.383 e. The van der Waals surface area contributed by atoms with Gasteiger partial charge in [0, 0.05) is 39.1 Å². The van der Waals surface area contributed by atoms with E-state index in [0.29, 0.717) is 11.9 Å². The van der Waals surface area contributed by atoms with Gasteiger partial charge in [-0.3, -0.25) is 4.98 Å². The second-order valence-corrected chi connectivity index (χ2v) is 5.81. The van der Waals surface area contributed by atoms with Crippen LogP contribution in [-0.2, 0) is 4.74 Å². The van der Waals surface area contributed by atoms with Gasteiger partial charge in [0.1, 0.15) is 0 Å². The predicted octanol–water partition coefficient (Wildman–Crippen LogP) is 1.92. The van der Waals surface area contributed by atoms with Gasteiger partial charge in [0.2, 0.25) is 5.95 Å². The highest BCUT2D eigenvalue weighted by Gasteiger charge is 2.21. The van der Waals surface area contributed by atoms with Crippen LogP contribution in [0.15, 0.2) is 36.7 Å². The van der Waals surface area contributed by atoms with E-state index in [0.717, 1.165) is 44.2 Å². The van der Waals surface area contributed by atoms with Crippen molar-refractivity contribution in [2.75, 3.05) is 45.2 Å². The molecule has 6 nitrogen and oxygen atoms in total. The Morgan fingerprint density at radius 1 is 1.22 bits per heavy atom. The SMILES string of the molecule is COCCN1CC[C@H](CNc2nccc(-c3ccccn3)n2)C1. The van der Waals surface area contributed by atoms with Crippen molar-refractivity contribution < 1.29 is 4.74 Å². The maximum atomic E-state index is 5.14. The maximum Gasteiger partial charge on any atom is 0.223 e. The molecule has 0 unspecified atom stereocenters. The van der Waals surface area contributed by atoms with Crippen LogP contribution in [0.5, 0.6) is 0 Å². The highest BCUT2D eigenvalue weighted by Crippen LogP contribution is 2.17. The third kappa shape index (κ3) is 4.46. The Balaban J connectivity index is 1.53. The Bertz CT molecular complexity index is 607. The summed E-state index contributed by atoms with van der Waals surface area (Å²) in [4.78, 5) is 15.6. The van der Waals surface area contributed by atoms with E-state index in [2.05, 4.69) is 25.2 Å². The summed E-state index contributed by atoms with van der Waals surface area (Å²) in [5.74, 6) is 1.30. The summed E-state index contributed by atoms with van der Waals surface area (Å²) in [6.07, 6.45) is 4.76. The van der Waals surface area contributed by atoms with Crippen molar-refractivity contribution in [1.82, 2.24) is 19.9 Å². The lowest BCUT2D eigenvalue weighted by Crippen LogP contribution is -2.26. The molecular weight excluding hydrogens is 290 g/mol. The van der Waals surface area contributed by atoms with Crippen molar-refractivity contribution in [2.45, 2.75) is 6.42 Å². The first kappa shape index (κ1) is 15.8. The topological polar surface area (TPSA) is 63.2 Å². The molecule has 1 fully saturated rings. The van der Waals surface area contributed by atoms with E-state index >= 15 is 0 Å². The fraction of sp³-hybridized carbons (Fsp3) is 0.471. The van der Waals surface area contributed by atoms with Crippen molar-refractivity contribution in [3.63, 3.8) is 0 Å². The summed E-state index contributed by atoms with van der Waals surface area (Å²) < 4.78 is 5.14. The zero-order valence-electron chi connectivity index (χ0n) is 13.5.